The summed E-state index contributed by atoms with van der Waals surface area (Å²) < 4.78 is 31.6. The van der Waals surface area contributed by atoms with Gasteiger partial charge in [-0.2, -0.15) is 4.98 Å². The molecule has 0 spiro atoms. The minimum Gasteiger partial charge on any atom is -0.481 e. The van der Waals surface area contributed by atoms with Gasteiger partial charge < -0.3 is 76.5 Å². The molecule has 0 amide bonds. The molecular weight excluding hydrogens is 759 g/mol. The molecule has 1 saturated heterocycles. The molecule has 13 unspecified atom stereocenters. The van der Waals surface area contributed by atoms with Crippen molar-refractivity contribution in [3.63, 3.8) is 0 Å². The number of carbonyl (C=O) groups is 2. The maximum Gasteiger partial charge on any atom is 0.473 e. The number of ether oxygens (including phenoxy) is 2. The summed E-state index contributed by atoms with van der Waals surface area (Å²) in [5.41, 5.74) is 6.88. The van der Waals surface area contributed by atoms with Crippen LogP contribution in [0.2, 0.25) is 0 Å². The fourth-order valence-electron chi connectivity index (χ4n) is 6.33. The van der Waals surface area contributed by atoms with E-state index in [-0.39, 0.29) is 36.1 Å². The SMILES string of the molecule is CC(Nc1ccc(CC(O)C(O)C(O)C(O)OC2OC(COP(=O)(O)OC(CCC(=O)O)C(=O)O)C(O)C2O)cc1)C1C(C)Nc2nc(N)[nH]c(=O)c2N1C. The van der Waals surface area contributed by atoms with Gasteiger partial charge in [-0.05, 0) is 38.0 Å². The van der Waals surface area contributed by atoms with Crippen molar-refractivity contribution in [2.75, 3.05) is 34.9 Å². The summed E-state index contributed by atoms with van der Waals surface area (Å²) in [5, 5.41) is 87.2. The van der Waals surface area contributed by atoms with E-state index in [1.165, 1.54) is 0 Å². The molecule has 0 radical (unpaired) electrons. The number of benzene rings is 1. The van der Waals surface area contributed by atoms with Crippen LogP contribution in [-0.4, -0.2) is 155 Å². The Kier molecular flexibility index (Phi) is 14.6. The van der Waals surface area contributed by atoms with Gasteiger partial charge in [-0.15, -0.1) is 0 Å². The van der Waals surface area contributed by atoms with Gasteiger partial charge in [0.1, 0.15) is 36.2 Å². The van der Waals surface area contributed by atoms with Gasteiger partial charge in [0.05, 0.1) is 18.8 Å². The molecule has 14 N–H and O–H groups in total. The summed E-state index contributed by atoms with van der Waals surface area (Å²) in [7, 11) is -3.39. The zero-order valence-electron chi connectivity index (χ0n) is 29.8. The first kappa shape index (κ1) is 43.8. The number of hydrogen-bond acceptors (Lipinski definition) is 19. The summed E-state index contributed by atoms with van der Waals surface area (Å²) >= 11 is 0. The first-order valence-corrected chi connectivity index (χ1v) is 18.4. The predicted octanol–water partition coefficient (Wildman–Crippen LogP) is -2.67. The van der Waals surface area contributed by atoms with Crippen LogP contribution >= 0.6 is 7.82 Å². The molecule has 308 valence electrons. The molecular formula is C31H47N6O17P. The first-order chi connectivity index (χ1) is 25.7. The van der Waals surface area contributed by atoms with Crippen LogP contribution in [-0.2, 0) is 39.1 Å². The molecule has 1 fully saturated rings. The lowest BCUT2D eigenvalue weighted by molar-refractivity contribution is -0.281. The number of rotatable bonds is 19. The van der Waals surface area contributed by atoms with E-state index in [1.807, 2.05) is 18.7 Å². The van der Waals surface area contributed by atoms with Crippen LogP contribution in [0.5, 0.6) is 0 Å². The van der Waals surface area contributed by atoms with Crippen LogP contribution in [0.1, 0.15) is 32.3 Å². The van der Waals surface area contributed by atoms with Crippen molar-refractivity contribution in [3.8, 4) is 0 Å². The molecule has 2 aromatic rings. The van der Waals surface area contributed by atoms with Crippen LogP contribution in [0.3, 0.4) is 0 Å². The Morgan fingerprint density at radius 3 is 2.38 bits per heavy atom. The average Bonchev–Trinajstić information content (AvgIpc) is 3.36. The summed E-state index contributed by atoms with van der Waals surface area (Å²) in [6, 6.07) is 6.23. The second-order valence-electron chi connectivity index (χ2n) is 13.2. The van der Waals surface area contributed by atoms with Crippen LogP contribution in [0, 0.1) is 0 Å². The molecule has 24 heteroatoms. The number of aliphatic carboxylic acids is 2. The van der Waals surface area contributed by atoms with E-state index in [0.717, 1.165) is 0 Å². The predicted molar refractivity (Wildman–Crippen MR) is 189 cm³/mol. The van der Waals surface area contributed by atoms with Gasteiger partial charge in [0.2, 0.25) is 5.95 Å². The third kappa shape index (κ3) is 11.1. The maximum absolute atomic E-state index is 12.6. The van der Waals surface area contributed by atoms with E-state index < -0.39 is 94.5 Å². The first-order valence-electron chi connectivity index (χ1n) is 16.9. The van der Waals surface area contributed by atoms with Crippen LogP contribution in [0.25, 0.3) is 0 Å². The van der Waals surface area contributed by atoms with E-state index in [9.17, 15) is 54.5 Å². The second-order valence-corrected chi connectivity index (χ2v) is 14.7. The number of nitrogen functional groups attached to an aromatic ring is 1. The lowest BCUT2D eigenvalue weighted by atomic mass is 9.97. The quantitative estimate of drug-likeness (QED) is 0.0508. The number of phosphoric acid groups is 1. The number of fused-ring (bicyclic) bond motifs is 1. The Labute approximate surface area is 312 Å². The third-order valence-corrected chi connectivity index (χ3v) is 10.1. The number of phosphoric ester groups is 1. The molecule has 1 aromatic heterocycles. The molecule has 2 aliphatic heterocycles. The topological polar surface area (TPSA) is 369 Å². The van der Waals surface area contributed by atoms with Crippen molar-refractivity contribution in [2.45, 2.75) is 107 Å². The smallest absolute Gasteiger partial charge is 0.473 e. The lowest BCUT2D eigenvalue weighted by Gasteiger charge is -2.43. The summed E-state index contributed by atoms with van der Waals surface area (Å²) in [4.78, 5) is 53.0. The molecule has 2 aliphatic rings. The Balaban J connectivity index is 1.26. The van der Waals surface area contributed by atoms with E-state index in [0.29, 0.717) is 22.8 Å². The van der Waals surface area contributed by atoms with Gasteiger partial charge in [-0.1, -0.05) is 12.1 Å². The third-order valence-electron chi connectivity index (χ3n) is 9.08. The van der Waals surface area contributed by atoms with Gasteiger partial charge in [-0.3, -0.25) is 23.6 Å². The number of aromatic nitrogens is 2. The molecule has 0 aliphatic carbocycles. The van der Waals surface area contributed by atoms with Crippen molar-refractivity contribution in [1.82, 2.24) is 9.97 Å². The van der Waals surface area contributed by atoms with E-state index in [4.69, 9.17) is 25.4 Å². The second kappa shape index (κ2) is 18.3. The van der Waals surface area contributed by atoms with Crippen molar-refractivity contribution in [1.29, 1.82) is 0 Å². The van der Waals surface area contributed by atoms with Crippen molar-refractivity contribution >= 4 is 42.9 Å². The highest BCUT2D eigenvalue weighted by Gasteiger charge is 2.47. The number of H-pyrrole nitrogens is 1. The summed E-state index contributed by atoms with van der Waals surface area (Å²) in [6.45, 7) is 2.89. The number of nitrogens with two attached hydrogens (primary N) is 1. The minimum atomic E-state index is -5.17. The van der Waals surface area contributed by atoms with Crippen molar-refractivity contribution in [2.24, 2.45) is 0 Å². The molecule has 0 bridgehead atoms. The zero-order chi connectivity index (χ0) is 40.9. The number of aliphatic hydroxyl groups is 6. The monoisotopic (exact) mass is 806 g/mol. The Bertz CT molecular complexity index is 1740. The maximum atomic E-state index is 12.6. The molecule has 1 aromatic carbocycles. The number of nitrogens with one attached hydrogen (secondary N) is 3. The molecule has 55 heavy (non-hydrogen) atoms. The van der Waals surface area contributed by atoms with E-state index in [1.54, 1.807) is 31.3 Å². The van der Waals surface area contributed by atoms with Crippen LogP contribution in [0.15, 0.2) is 29.1 Å². The van der Waals surface area contributed by atoms with Crippen LogP contribution in [0.4, 0.5) is 23.1 Å². The zero-order valence-corrected chi connectivity index (χ0v) is 30.7. The van der Waals surface area contributed by atoms with E-state index >= 15 is 0 Å². The van der Waals surface area contributed by atoms with Crippen molar-refractivity contribution in [3.05, 3.63) is 40.2 Å². The Hall–Kier alpha value is -3.97. The normalized spacial score (nSPS) is 26.8. The molecule has 4 rings (SSSR count). The number of hydrogen-bond donors (Lipinski definition) is 13. The van der Waals surface area contributed by atoms with Gasteiger partial charge in [0.25, 0.3) is 5.56 Å². The molecule has 3 heterocycles. The molecule has 23 nitrogen and oxygen atoms in total. The fraction of sp³-hybridized carbons (Fsp3) is 0.613. The number of anilines is 4. The summed E-state index contributed by atoms with van der Waals surface area (Å²) in [5.74, 6) is -2.76. The number of carboxylic acids is 2. The standard InChI is InChI=1S/C31H47N6O17P/c1-12(20-13(2)34-26-21(37(20)3)27(45)36-31(32)35-26)33-15-6-4-14(5-7-15)10-16(38)22(41)24(43)29(48)53-30-25(44)23(42)18(52-30)11-51-55(49,50)54-17(28(46)47)8-9-19(39)40/h4-7,12-13,16-18,20,22-25,29-30,33,38,41-44,48H,8-11H2,1-3H3,(H,39,40)(H,46,47)(H,49,50)(H4,32,34,35,36,45). The number of likely N-dealkylation sites (N-methyl/N-ethyl adjacent to an activating group) is 1. The fourth-order valence-corrected chi connectivity index (χ4v) is 7.24. The largest absolute Gasteiger partial charge is 0.481 e. The van der Waals surface area contributed by atoms with Gasteiger partial charge in [0.15, 0.2) is 24.5 Å². The van der Waals surface area contributed by atoms with E-state index in [2.05, 4.69) is 29.6 Å². The number of carboxylic acid groups (broad SMARTS) is 2. The highest BCUT2D eigenvalue weighted by Crippen LogP contribution is 2.46. The Morgan fingerprint density at radius 1 is 1.11 bits per heavy atom. The highest BCUT2D eigenvalue weighted by molar-refractivity contribution is 7.47. The molecule has 13 atom stereocenters. The van der Waals surface area contributed by atoms with Gasteiger partial charge >= 0.3 is 19.8 Å². The number of aliphatic hydroxyl groups excluding tert-OH is 6. The van der Waals surface area contributed by atoms with Crippen molar-refractivity contribution < 1.29 is 78.4 Å². The Morgan fingerprint density at radius 2 is 1.76 bits per heavy atom. The summed E-state index contributed by atoms with van der Waals surface area (Å²) in [6.07, 6.45) is -19.0. The number of aromatic amines is 1. The van der Waals surface area contributed by atoms with Gasteiger partial charge in [0, 0.05) is 37.7 Å². The average molecular weight is 807 g/mol. The lowest BCUT2D eigenvalue weighted by Crippen LogP contribution is -2.57. The minimum absolute atomic E-state index is 0.00246. The number of nitrogens with zero attached hydrogens (tertiary/aromatic N) is 2. The van der Waals surface area contributed by atoms with Gasteiger partial charge in [-0.25, -0.2) is 9.36 Å². The highest BCUT2D eigenvalue weighted by atomic mass is 31.2. The van der Waals surface area contributed by atoms with Crippen LogP contribution < -0.4 is 26.8 Å². The molecule has 0 saturated carbocycles.